The van der Waals surface area contributed by atoms with Crippen LogP contribution in [0.4, 0.5) is 0 Å². The van der Waals surface area contributed by atoms with Crippen LogP contribution in [-0.2, 0) is 9.53 Å². The molecule has 0 bridgehead atoms. The monoisotopic (exact) mass is 416 g/mol. The second-order valence-corrected chi connectivity index (χ2v) is 8.41. The molecule has 1 aliphatic heterocycles. The molecule has 2 unspecified atom stereocenters. The predicted molar refractivity (Wildman–Crippen MR) is 114 cm³/mol. The van der Waals surface area contributed by atoms with Crippen LogP contribution in [0.1, 0.15) is 38.2 Å². The topological polar surface area (TPSA) is 121 Å². The van der Waals surface area contributed by atoms with Gasteiger partial charge in [-0.15, -0.1) is 0 Å². The number of ether oxygens (including phenoxy) is 1. The number of thiocarbonyl (C=S) groups is 1. The first-order valence-corrected chi connectivity index (χ1v) is 10.00. The molecule has 156 valence electrons. The number of nitrogens with two attached hydrogens (primary N) is 1. The molecule has 1 saturated heterocycles. The number of aliphatic hydroxyl groups is 1. The Labute approximate surface area is 177 Å². The van der Waals surface area contributed by atoms with Crippen LogP contribution >= 0.6 is 12.2 Å². The summed E-state index contributed by atoms with van der Waals surface area (Å²) in [6.45, 7) is 7.68. The molecule has 7 nitrogen and oxygen atoms in total. The molecule has 4 N–H and O–H groups in total. The smallest absolute Gasteiger partial charge is 0.163 e. The molecule has 2 aliphatic rings. The van der Waals surface area contributed by atoms with Gasteiger partial charge < -0.3 is 20.9 Å². The molecule has 1 aliphatic carbocycles. The van der Waals surface area contributed by atoms with E-state index in [1.807, 2.05) is 13.8 Å². The van der Waals surface area contributed by atoms with Crippen molar-refractivity contribution in [2.45, 2.75) is 32.6 Å². The van der Waals surface area contributed by atoms with Crippen LogP contribution in [0.3, 0.4) is 0 Å². The summed E-state index contributed by atoms with van der Waals surface area (Å²) in [4.78, 5) is 16.7. The maximum Gasteiger partial charge on any atom is 0.163 e. The average molecular weight is 417 g/mol. The van der Waals surface area contributed by atoms with E-state index in [9.17, 15) is 15.2 Å². The number of rotatable bonds is 4. The van der Waals surface area contributed by atoms with Gasteiger partial charge in [0.15, 0.2) is 5.78 Å². The standard InChI is InChI=1S/C17H19N3O2S.C4H9NO/c1-17(2)6-12(21)15(13(22)7-17)14(11(8-18)16(19)23)10-4-3-5-20-9-10;1-3-6-4-2-5-1/h3-5,9,11,14,21H,6-7H2,1-2H3,(H2,19,23);5H,1-4H2. The number of carbonyl (C=O) groups is 1. The van der Waals surface area contributed by atoms with Crippen molar-refractivity contribution in [1.29, 1.82) is 5.26 Å². The summed E-state index contributed by atoms with van der Waals surface area (Å²) in [5, 5.41) is 23.1. The summed E-state index contributed by atoms with van der Waals surface area (Å²) in [5.41, 5.74) is 6.27. The summed E-state index contributed by atoms with van der Waals surface area (Å²) in [6, 6.07) is 5.54. The Morgan fingerprint density at radius 2 is 2.10 bits per heavy atom. The first-order chi connectivity index (χ1) is 13.8. The number of morpholine rings is 1. The minimum absolute atomic E-state index is 0.000660. The highest BCUT2D eigenvalue weighted by Gasteiger charge is 2.40. The highest BCUT2D eigenvalue weighted by atomic mass is 32.1. The molecule has 3 rings (SSSR count). The van der Waals surface area contributed by atoms with E-state index in [1.54, 1.807) is 24.5 Å². The van der Waals surface area contributed by atoms with Crippen molar-refractivity contribution >= 4 is 23.0 Å². The lowest BCUT2D eigenvalue weighted by atomic mass is 9.70. The lowest BCUT2D eigenvalue weighted by molar-refractivity contribution is -0.118. The van der Waals surface area contributed by atoms with Gasteiger partial charge in [0.1, 0.15) is 11.7 Å². The fourth-order valence-corrected chi connectivity index (χ4v) is 3.75. The fraction of sp³-hybridized carbons (Fsp3) is 0.524. The van der Waals surface area contributed by atoms with Gasteiger partial charge in [0.2, 0.25) is 0 Å². The Morgan fingerprint density at radius 1 is 1.41 bits per heavy atom. The maximum absolute atomic E-state index is 12.6. The van der Waals surface area contributed by atoms with Crippen molar-refractivity contribution in [3.63, 3.8) is 0 Å². The SMILES string of the molecule is C1COCCN1.CC1(C)CC(=O)C(C(c2cccnc2)C(C#N)C(N)=S)=C(O)C1. The molecule has 8 heteroatoms. The van der Waals surface area contributed by atoms with Crippen LogP contribution in [0, 0.1) is 22.7 Å². The number of pyridine rings is 1. The quantitative estimate of drug-likeness (QED) is 0.640. The molecule has 0 spiro atoms. The zero-order valence-corrected chi connectivity index (χ0v) is 17.7. The number of nitriles is 1. The summed E-state index contributed by atoms with van der Waals surface area (Å²) in [5.74, 6) is -1.74. The third kappa shape index (κ3) is 6.32. The van der Waals surface area contributed by atoms with Crippen molar-refractivity contribution in [1.82, 2.24) is 10.3 Å². The lowest BCUT2D eigenvalue weighted by Gasteiger charge is -2.33. The van der Waals surface area contributed by atoms with Crippen molar-refractivity contribution in [2.24, 2.45) is 17.1 Å². The summed E-state index contributed by atoms with van der Waals surface area (Å²) in [7, 11) is 0. The van der Waals surface area contributed by atoms with E-state index in [-0.39, 0.29) is 27.5 Å². The van der Waals surface area contributed by atoms with Crippen molar-refractivity contribution in [3.05, 3.63) is 41.4 Å². The Hall–Kier alpha value is -2.34. The molecule has 2 atom stereocenters. The number of nitrogens with zero attached hydrogens (tertiary/aromatic N) is 2. The first kappa shape index (κ1) is 22.9. The van der Waals surface area contributed by atoms with Crippen LogP contribution in [0.25, 0.3) is 0 Å². The minimum atomic E-state index is -0.878. The van der Waals surface area contributed by atoms with E-state index in [0.717, 1.165) is 26.3 Å². The Kier molecular flexibility index (Phi) is 8.26. The van der Waals surface area contributed by atoms with Crippen LogP contribution in [0.2, 0.25) is 0 Å². The number of Topliss-reactive ketones (excluding diaryl/α,β-unsaturated/α-hetero) is 1. The Morgan fingerprint density at radius 3 is 2.52 bits per heavy atom. The van der Waals surface area contributed by atoms with E-state index in [0.29, 0.717) is 18.4 Å². The molecule has 29 heavy (non-hydrogen) atoms. The van der Waals surface area contributed by atoms with Gasteiger partial charge in [-0.3, -0.25) is 9.78 Å². The number of ketones is 1. The van der Waals surface area contributed by atoms with Crippen molar-refractivity contribution in [3.8, 4) is 6.07 Å². The molecular weight excluding hydrogens is 388 g/mol. The zero-order valence-electron chi connectivity index (χ0n) is 16.9. The molecule has 0 radical (unpaired) electrons. The molecule has 2 heterocycles. The fourth-order valence-electron chi connectivity index (χ4n) is 3.56. The number of carbonyl (C=O) groups excluding carboxylic acids is 1. The molecular formula is C21H28N4O3S. The number of aliphatic hydroxyl groups excluding tert-OH is 1. The highest BCUT2D eigenvalue weighted by Crippen LogP contribution is 2.43. The van der Waals surface area contributed by atoms with Gasteiger partial charge in [0, 0.05) is 49.8 Å². The lowest BCUT2D eigenvalue weighted by Crippen LogP contribution is -2.34. The highest BCUT2D eigenvalue weighted by molar-refractivity contribution is 7.80. The largest absolute Gasteiger partial charge is 0.512 e. The number of hydrogen-bond acceptors (Lipinski definition) is 7. The average Bonchev–Trinajstić information content (AvgIpc) is 2.68. The summed E-state index contributed by atoms with van der Waals surface area (Å²) in [6.07, 6.45) is 3.85. The van der Waals surface area contributed by atoms with Gasteiger partial charge in [-0.25, -0.2) is 0 Å². The third-order valence-electron chi connectivity index (χ3n) is 4.88. The normalized spacial score (nSPS) is 20.7. The van der Waals surface area contributed by atoms with Gasteiger partial charge in [-0.05, 0) is 17.0 Å². The summed E-state index contributed by atoms with van der Waals surface area (Å²) >= 11 is 5.00. The number of allylic oxidation sites excluding steroid dienone is 2. The van der Waals surface area contributed by atoms with Crippen molar-refractivity contribution in [2.75, 3.05) is 26.3 Å². The molecule has 0 amide bonds. The predicted octanol–water partition coefficient (Wildman–Crippen LogP) is 2.40. The van der Waals surface area contributed by atoms with Gasteiger partial charge in [-0.2, -0.15) is 5.26 Å². The maximum atomic E-state index is 12.6. The van der Waals surface area contributed by atoms with Crippen LogP contribution in [0.5, 0.6) is 0 Å². The third-order valence-corrected chi connectivity index (χ3v) is 5.13. The van der Waals surface area contributed by atoms with E-state index in [2.05, 4.69) is 16.4 Å². The van der Waals surface area contributed by atoms with E-state index in [1.165, 1.54) is 0 Å². The Balaban J connectivity index is 0.000000426. The molecule has 1 aromatic rings. The van der Waals surface area contributed by atoms with Crippen LogP contribution in [0.15, 0.2) is 35.9 Å². The van der Waals surface area contributed by atoms with E-state index >= 15 is 0 Å². The van der Waals surface area contributed by atoms with Crippen molar-refractivity contribution < 1.29 is 14.6 Å². The van der Waals surface area contributed by atoms with Crippen LogP contribution in [-0.4, -0.2) is 47.2 Å². The van der Waals surface area contributed by atoms with E-state index < -0.39 is 11.8 Å². The van der Waals surface area contributed by atoms with Gasteiger partial charge in [-0.1, -0.05) is 32.1 Å². The summed E-state index contributed by atoms with van der Waals surface area (Å²) < 4.78 is 5.01. The minimum Gasteiger partial charge on any atom is -0.512 e. The zero-order chi connectivity index (χ0) is 21.4. The second-order valence-electron chi connectivity index (χ2n) is 7.94. The number of aromatic nitrogens is 1. The number of hydrogen-bond donors (Lipinski definition) is 3. The Bertz CT molecular complexity index is 786. The first-order valence-electron chi connectivity index (χ1n) is 9.59. The van der Waals surface area contributed by atoms with Gasteiger partial charge in [0.05, 0.1) is 24.3 Å². The van der Waals surface area contributed by atoms with Crippen LogP contribution < -0.4 is 11.1 Å². The number of nitrogens with one attached hydrogen (secondary N) is 1. The van der Waals surface area contributed by atoms with Gasteiger partial charge >= 0.3 is 0 Å². The van der Waals surface area contributed by atoms with E-state index in [4.69, 9.17) is 22.7 Å². The molecule has 1 aromatic heterocycles. The van der Waals surface area contributed by atoms with Gasteiger partial charge in [0.25, 0.3) is 0 Å². The molecule has 1 fully saturated rings. The molecule has 0 aromatic carbocycles. The molecule has 0 saturated carbocycles. The second kappa shape index (κ2) is 10.4.